The van der Waals surface area contributed by atoms with Gasteiger partial charge in [0.15, 0.2) is 0 Å². The van der Waals surface area contributed by atoms with Crippen molar-refractivity contribution in [1.82, 2.24) is 15.2 Å². The summed E-state index contributed by atoms with van der Waals surface area (Å²) in [6, 6.07) is 13.4. The number of aromatic nitrogens is 1. The van der Waals surface area contributed by atoms with Gasteiger partial charge in [-0.1, -0.05) is 34.1 Å². The lowest BCUT2D eigenvalue weighted by Crippen LogP contribution is -2.32. The maximum atomic E-state index is 12.3. The Hall–Kier alpha value is -2.21. The van der Waals surface area contributed by atoms with Crippen molar-refractivity contribution >= 4 is 27.7 Å². The highest BCUT2D eigenvalue weighted by Gasteiger charge is 2.34. The lowest BCUT2D eigenvalue weighted by Gasteiger charge is -2.17. The SMILES string of the molecule is O=C(NCc1ccccn1)[C@H]1CC(=O)N(Cc2cccc(Br)c2)C1. The molecule has 0 bridgehead atoms. The number of amides is 2. The number of pyridine rings is 1. The van der Waals surface area contributed by atoms with Crippen LogP contribution >= 0.6 is 15.9 Å². The van der Waals surface area contributed by atoms with E-state index >= 15 is 0 Å². The van der Waals surface area contributed by atoms with Gasteiger partial charge in [0.2, 0.25) is 11.8 Å². The molecule has 1 aliphatic rings. The van der Waals surface area contributed by atoms with Gasteiger partial charge in [0.05, 0.1) is 18.2 Å². The number of hydrogen-bond donors (Lipinski definition) is 1. The number of hydrogen-bond acceptors (Lipinski definition) is 3. The van der Waals surface area contributed by atoms with Crippen LogP contribution in [0.25, 0.3) is 0 Å². The minimum absolute atomic E-state index is 0.0213. The van der Waals surface area contributed by atoms with E-state index in [1.807, 2.05) is 42.5 Å². The van der Waals surface area contributed by atoms with Crippen LogP contribution in [0, 0.1) is 5.92 Å². The average molecular weight is 388 g/mol. The van der Waals surface area contributed by atoms with Crippen LogP contribution in [0.4, 0.5) is 0 Å². The van der Waals surface area contributed by atoms with Crippen LogP contribution in [-0.4, -0.2) is 28.2 Å². The van der Waals surface area contributed by atoms with E-state index in [-0.39, 0.29) is 24.2 Å². The smallest absolute Gasteiger partial charge is 0.225 e. The first-order valence-corrected chi connectivity index (χ1v) is 8.61. The molecule has 0 saturated carbocycles. The molecule has 24 heavy (non-hydrogen) atoms. The Bertz CT molecular complexity index is 736. The number of rotatable bonds is 5. The highest BCUT2D eigenvalue weighted by molar-refractivity contribution is 9.10. The molecule has 3 rings (SSSR count). The minimum Gasteiger partial charge on any atom is -0.350 e. The molecule has 124 valence electrons. The van der Waals surface area contributed by atoms with Crippen molar-refractivity contribution in [3.8, 4) is 0 Å². The summed E-state index contributed by atoms with van der Waals surface area (Å²) in [7, 11) is 0. The van der Waals surface area contributed by atoms with Gasteiger partial charge in [-0.25, -0.2) is 0 Å². The van der Waals surface area contributed by atoms with Crippen LogP contribution in [0.3, 0.4) is 0 Å². The maximum Gasteiger partial charge on any atom is 0.225 e. The van der Waals surface area contributed by atoms with Gasteiger partial charge in [0, 0.05) is 30.2 Å². The van der Waals surface area contributed by atoms with Crippen LogP contribution < -0.4 is 5.32 Å². The van der Waals surface area contributed by atoms with Crippen molar-refractivity contribution in [2.75, 3.05) is 6.54 Å². The molecule has 1 aliphatic heterocycles. The zero-order chi connectivity index (χ0) is 16.9. The maximum absolute atomic E-state index is 12.3. The van der Waals surface area contributed by atoms with Crippen LogP contribution in [0.5, 0.6) is 0 Å². The summed E-state index contributed by atoms with van der Waals surface area (Å²) in [5, 5.41) is 2.87. The van der Waals surface area contributed by atoms with Gasteiger partial charge in [-0.15, -0.1) is 0 Å². The normalized spacial score (nSPS) is 17.1. The zero-order valence-corrected chi connectivity index (χ0v) is 14.7. The fourth-order valence-electron chi connectivity index (χ4n) is 2.78. The van der Waals surface area contributed by atoms with Gasteiger partial charge in [-0.3, -0.25) is 14.6 Å². The molecule has 2 amide bonds. The molecular weight excluding hydrogens is 370 g/mol. The molecule has 2 aromatic rings. The molecule has 1 fully saturated rings. The standard InChI is InChI=1S/C18H18BrN3O2/c19-15-5-3-4-13(8-15)11-22-12-14(9-17(22)23)18(24)21-10-16-6-1-2-7-20-16/h1-8,14H,9-12H2,(H,21,24)/t14-/m0/s1. The van der Waals surface area contributed by atoms with E-state index in [9.17, 15) is 9.59 Å². The summed E-state index contributed by atoms with van der Waals surface area (Å²) in [5.41, 5.74) is 1.86. The average Bonchev–Trinajstić information content (AvgIpc) is 2.94. The third-order valence-corrected chi connectivity index (χ3v) is 4.51. The second-order valence-electron chi connectivity index (χ2n) is 5.84. The molecule has 1 saturated heterocycles. The predicted molar refractivity (Wildman–Crippen MR) is 93.7 cm³/mol. The summed E-state index contributed by atoms with van der Waals surface area (Å²) >= 11 is 3.43. The lowest BCUT2D eigenvalue weighted by atomic mass is 10.1. The number of nitrogens with one attached hydrogen (secondary N) is 1. The quantitative estimate of drug-likeness (QED) is 0.856. The fourth-order valence-corrected chi connectivity index (χ4v) is 3.23. The number of benzene rings is 1. The van der Waals surface area contributed by atoms with E-state index in [0.717, 1.165) is 15.7 Å². The van der Waals surface area contributed by atoms with Crippen LogP contribution in [0.1, 0.15) is 17.7 Å². The molecule has 2 heterocycles. The molecule has 1 N–H and O–H groups in total. The first-order valence-electron chi connectivity index (χ1n) is 7.81. The first-order chi connectivity index (χ1) is 11.6. The Labute approximate surface area is 149 Å². The molecule has 1 aromatic carbocycles. The monoisotopic (exact) mass is 387 g/mol. The van der Waals surface area contributed by atoms with Crippen molar-refractivity contribution in [3.63, 3.8) is 0 Å². The largest absolute Gasteiger partial charge is 0.350 e. The van der Waals surface area contributed by atoms with Crippen molar-refractivity contribution < 1.29 is 9.59 Å². The van der Waals surface area contributed by atoms with Crippen LogP contribution in [-0.2, 0) is 22.7 Å². The van der Waals surface area contributed by atoms with Gasteiger partial charge in [0.25, 0.3) is 0 Å². The summed E-state index contributed by atoms with van der Waals surface area (Å²) in [6.45, 7) is 1.37. The highest BCUT2D eigenvalue weighted by Crippen LogP contribution is 2.21. The van der Waals surface area contributed by atoms with E-state index in [2.05, 4.69) is 26.2 Å². The third kappa shape index (κ3) is 4.20. The molecule has 5 nitrogen and oxygen atoms in total. The molecule has 1 aromatic heterocycles. The fraction of sp³-hybridized carbons (Fsp3) is 0.278. The Morgan fingerprint density at radius 2 is 2.17 bits per heavy atom. The van der Waals surface area contributed by atoms with E-state index in [1.54, 1.807) is 11.1 Å². The molecule has 0 spiro atoms. The van der Waals surface area contributed by atoms with Gasteiger partial charge < -0.3 is 10.2 Å². The molecule has 0 unspecified atom stereocenters. The molecule has 1 atom stereocenters. The van der Waals surface area contributed by atoms with E-state index in [0.29, 0.717) is 19.6 Å². The van der Waals surface area contributed by atoms with E-state index in [1.165, 1.54) is 0 Å². The summed E-state index contributed by atoms with van der Waals surface area (Å²) in [5.74, 6) is -0.368. The second kappa shape index (κ2) is 7.57. The lowest BCUT2D eigenvalue weighted by molar-refractivity contribution is -0.129. The molecule has 6 heteroatoms. The summed E-state index contributed by atoms with van der Waals surface area (Å²) < 4.78 is 0.983. The van der Waals surface area contributed by atoms with Crippen molar-refractivity contribution in [2.45, 2.75) is 19.5 Å². The highest BCUT2D eigenvalue weighted by atomic mass is 79.9. The number of carbonyl (C=O) groups is 2. The Balaban J connectivity index is 1.55. The topological polar surface area (TPSA) is 62.3 Å². The summed E-state index contributed by atoms with van der Waals surface area (Å²) in [6.07, 6.45) is 1.96. The Morgan fingerprint density at radius 3 is 2.92 bits per heavy atom. The molecule has 0 radical (unpaired) electrons. The van der Waals surface area contributed by atoms with Gasteiger partial charge in [0.1, 0.15) is 0 Å². The van der Waals surface area contributed by atoms with Crippen molar-refractivity contribution in [2.24, 2.45) is 5.92 Å². The van der Waals surface area contributed by atoms with Gasteiger partial charge in [-0.2, -0.15) is 0 Å². The number of nitrogens with zero attached hydrogens (tertiary/aromatic N) is 2. The Morgan fingerprint density at radius 1 is 1.29 bits per heavy atom. The zero-order valence-electron chi connectivity index (χ0n) is 13.1. The van der Waals surface area contributed by atoms with E-state index < -0.39 is 0 Å². The number of carbonyl (C=O) groups excluding carboxylic acids is 2. The third-order valence-electron chi connectivity index (χ3n) is 4.02. The first kappa shape index (κ1) is 16.6. The predicted octanol–water partition coefficient (Wildman–Crippen LogP) is 2.51. The number of halogens is 1. The Kier molecular flexibility index (Phi) is 5.25. The van der Waals surface area contributed by atoms with Crippen LogP contribution in [0.2, 0.25) is 0 Å². The summed E-state index contributed by atoms with van der Waals surface area (Å²) in [4.78, 5) is 30.4. The molecule has 0 aliphatic carbocycles. The minimum atomic E-state index is -0.298. The van der Waals surface area contributed by atoms with Gasteiger partial charge in [-0.05, 0) is 29.8 Å². The van der Waals surface area contributed by atoms with Crippen LogP contribution in [0.15, 0.2) is 53.1 Å². The second-order valence-corrected chi connectivity index (χ2v) is 6.76. The van der Waals surface area contributed by atoms with Crippen molar-refractivity contribution in [3.05, 3.63) is 64.4 Å². The van der Waals surface area contributed by atoms with Crippen molar-refractivity contribution in [1.29, 1.82) is 0 Å². The van der Waals surface area contributed by atoms with Gasteiger partial charge >= 0.3 is 0 Å². The molecular formula is C18H18BrN3O2. The van der Waals surface area contributed by atoms with E-state index in [4.69, 9.17) is 0 Å². The number of likely N-dealkylation sites (tertiary alicyclic amines) is 1.